The predicted octanol–water partition coefficient (Wildman–Crippen LogP) is 2.46. The van der Waals surface area contributed by atoms with Crippen molar-refractivity contribution in [2.45, 2.75) is 25.9 Å². The molecule has 1 aromatic heterocycles. The van der Waals surface area contributed by atoms with Gasteiger partial charge in [0, 0.05) is 17.8 Å². The van der Waals surface area contributed by atoms with Gasteiger partial charge in [0.1, 0.15) is 0 Å². The maximum absolute atomic E-state index is 11.2. The van der Waals surface area contributed by atoms with Crippen molar-refractivity contribution in [1.29, 1.82) is 0 Å². The molecule has 1 amide bonds. The van der Waals surface area contributed by atoms with Crippen molar-refractivity contribution < 1.29 is 9.90 Å². The molecule has 1 atom stereocenters. The Morgan fingerprint density at radius 2 is 2.40 bits per heavy atom. The molecule has 15 heavy (non-hydrogen) atoms. The molecular weight excluding hydrogens is 278 g/mol. The Balaban J connectivity index is 2.36. The molecule has 0 aliphatic rings. The maximum atomic E-state index is 11.2. The van der Waals surface area contributed by atoms with Crippen LogP contribution in [0.1, 0.15) is 30.7 Å². The summed E-state index contributed by atoms with van der Waals surface area (Å²) >= 11 is 4.83. The first kappa shape index (κ1) is 12.7. The summed E-state index contributed by atoms with van der Waals surface area (Å²) < 4.78 is 0.995. The number of carbonyl (C=O) groups is 1. The van der Waals surface area contributed by atoms with Crippen LogP contribution in [0.2, 0.25) is 0 Å². The van der Waals surface area contributed by atoms with Crippen LogP contribution >= 0.6 is 27.3 Å². The Morgan fingerprint density at radius 1 is 1.67 bits per heavy atom. The third-order valence-corrected chi connectivity index (χ3v) is 3.67. The van der Waals surface area contributed by atoms with Gasteiger partial charge in [-0.05, 0) is 41.4 Å². The molecule has 0 aliphatic carbocycles. The van der Waals surface area contributed by atoms with Crippen LogP contribution < -0.4 is 5.32 Å². The molecule has 0 fully saturated rings. The highest BCUT2D eigenvalue weighted by atomic mass is 79.9. The second kappa shape index (κ2) is 6.25. The molecule has 1 unspecified atom stereocenters. The molecule has 0 saturated carbocycles. The largest absolute Gasteiger partial charge is 0.388 e. The Kier molecular flexibility index (Phi) is 5.28. The highest BCUT2D eigenvalue weighted by Gasteiger charge is 2.11. The molecule has 5 heteroatoms. The van der Waals surface area contributed by atoms with E-state index >= 15 is 0 Å². The van der Waals surface area contributed by atoms with E-state index in [0.717, 1.165) is 8.66 Å². The first-order valence-corrected chi connectivity index (χ1v) is 6.44. The van der Waals surface area contributed by atoms with Crippen LogP contribution in [-0.2, 0) is 4.79 Å². The Hall–Kier alpha value is -0.390. The lowest BCUT2D eigenvalue weighted by atomic mass is 10.1. The van der Waals surface area contributed by atoms with Gasteiger partial charge in [-0.25, -0.2) is 0 Å². The molecule has 1 aromatic rings. The summed E-state index contributed by atoms with van der Waals surface area (Å²) in [6.45, 7) is 2.52. The number of aliphatic hydroxyl groups is 1. The van der Waals surface area contributed by atoms with E-state index in [9.17, 15) is 9.90 Å². The van der Waals surface area contributed by atoms with Gasteiger partial charge >= 0.3 is 0 Å². The van der Waals surface area contributed by atoms with E-state index in [4.69, 9.17) is 0 Å². The highest BCUT2D eigenvalue weighted by Crippen LogP contribution is 2.29. The number of carbonyl (C=O) groups excluding carboxylic acids is 1. The fourth-order valence-electron chi connectivity index (χ4n) is 1.20. The normalized spacial score (nSPS) is 12.5. The first-order valence-electron chi connectivity index (χ1n) is 4.83. The molecule has 1 heterocycles. The molecule has 0 radical (unpaired) electrons. The fraction of sp³-hybridized carbons (Fsp3) is 0.500. The summed E-state index contributed by atoms with van der Waals surface area (Å²) in [7, 11) is 0. The van der Waals surface area contributed by atoms with Gasteiger partial charge < -0.3 is 10.4 Å². The van der Waals surface area contributed by atoms with Gasteiger partial charge in [-0.3, -0.25) is 4.79 Å². The van der Waals surface area contributed by atoms with E-state index in [1.807, 2.05) is 19.1 Å². The van der Waals surface area contributed by atoms with Gasteiger partial charge in [0.25, 0.3) is 0 Å². The van der Waals surface area contributed by atoms with Gasteiger partial charge in [0.15, 0.2) is 0 Å². The van der Waals surface area contributed by atoms with E-state index < -0.39 is 6.10 Å². The Bertz CT molecular complexity index is 327. The Morgan fingerprint density at radius 3 is 2.93 bits per heavy atom. The van der Waals surface area contributed by atoms with Crippen LogP contribution in [0.5, 0.6) is 0 Å². The summed E-state index contributed by atoms with van der Waals surface area (Å²) in [5, 5.41) is 12.5. The predicted molar refractivity (Wildman–Crippen MR) is 64.9 cm³/mol. The maximum Gasteiger partial charge on any atom is 0.220 e. The van der Waals surface area contributed by atoms with Gasteiger partial charge in [0.2, 0.25) is 5.91 Å². The molecule has 0 aliphatic heterocycles. The minimum Gasteiger partial charge on any atom is -0.388 e. The number of halogens is 1. The summed E-state index contributed by atoms with van der Waals surface area (Å²) in [5.41, 5.74) is 0. The number of hydrogen-bond acceptors (Lipinski definition) is 3. The lowest BCUT2D eigenvalue weighted by Crippen LogP contribution is -2.22. The van der Waals surface area contributed by atoms with Crippen molar-refractivity contribution >= 4 is 33.2 Å². The van der Waals surface area contributed by atoms with E-state index in [1.165, 1.54) is 11.3 Å². The third kappa shape index (κ3) is 4.32. The third-order valence-electron chi connectivity index (χ3n) is 1.94. The number of nitrogens with one attached hydrogen (secondary N) is 1. The van der Waals surface area contributed by atoms with Crippen molar-refractivity contribution in [3.8, 4) is 0 Å². The number of aliphatic hydroxyl groups excluding tert-OH is 1. The average molecular weight is 292 g/mol. The van der Waals surface area contributed by atoms with E-state index in [0.29, 0.717) is 19.4 Å². The second-order valence-electron chi connectivity index (χ2n) is 3.15. The average Bonchev–Trinajstić information content (AvgIpc) is 2.62. The summed E-state index contributed by atoms with van der Waals surface area (Å²) in [5.74, 6) is -0.00725. The molecule has 1 rings (SSSR count). The summed E-state index contributed by atoms with van der Waals surface area (Å²) in [6.07, 6.45) is 0.299. The lowest BCUT2D eigenvalue weighted by Gasteiger charge is -2.07. The number of hydrogen-bond donors (Lipinski definition) is 2. The highest BCUT2D eigenvalue weighted by molar-refractivity contribution is 9.11. The van der Waals surface area contributed by atoms with Crippen molar-refractivity contribution in [3.05, 3.63) is 20.8 Å². The van der Waals surface area contributed by atoms with E-state index in [1.54, 1.807) is 0 Å². The number of thiophene rings is 1. The molecule has 0 spiro atoms. The van der Waals surface area contributed by atoms with Crippen molar-refractivity contribution in [2.24, 2.45) is 0 Å². The van der Waals surface area contributed by atoms with Crippen LogP contribution in [-0.4, -0.2) is 17.6 Å². The van der Waals surface area contributed by atoms with Gasteiger partial charge in [-0.15, -0.1) is 11.3 Å². The van der Waals surface area contributed by atoms with E-state index in [2.05, 4.69) is 21.2 Å². The second-order valence-corrected chi connectivity index (χ2v) is 5.64. The van der Waals surface area contributed by atoms with E-state index in [-0.39, 0.29) is 5.91 Å². The molecule has 0 aromatic carbocycles. The summed E-state index contributed by atoms with van der Waals surface area (Å²) in [6, 6.07) is 3.77. The zero-order chi connectivity index (χ0) is 11.3. The van der Waals surface area contributed by atoms with Crippen LogP contribution in [0.25, 0.3) is 0 Å². The molecule has 2 N–H and O–H groups in total. The molecular formula is C10H14BrNO2S. The smallest absolute Gasteiger partial charge is 0.220 e. The minimum absolute atomic E-state index is 0.00725. The monoisotopic (exact) mass is 291 g/mol. The minimum atomic E-state index is -0.538. The summed E-state index contributed by atoms with van der Waals surface area (Å²) in [4.78, 5) is 12.1. The van der Waals surface area contributed by atoms with Crippen LogP contribution in [0.3, 0.4) is 0 Å². The van der Waals surface area contributed by atoms with Gasteiger partial charge in [-0.2, -0.15) is 0 Å². The standard InChI is InChI=1S/C10H14BrNO2S/c1-2-12-10(14)6-3-7(13)8-4-5-9(11)15-8/h4-5,7,13H,2-3,6H2,1H3,(H,12,14). The SMILES string of the molecule is CCNC(=O)CCC(O)c1ccc(Br)s1. The zero-order valence-corrected chi connectivity index (χ0v) is 10.9. The lowest BCUT2D eigenvalue weighted by molar-refractivity contribution is -0.121. The van der Waals surface area contributed by atoms with Crippen molar-refractivity contribution in [2.75, 3.05) is 6.54 Å². The van der Waals surface area contributed by atoms with Crippen LogP contribution in [0, 0.1) is 0 Å². The number of rotatable bonds is 5. The molecule has 3 nitrogen and oxygen atoms in total. The Labute approximate surface area is 102 Å². The molecule has 0 saturated heterocycles. The van der Waals surface area contributed by atoms with Crippen LogP contribution in [0.4, 0.5) is 0 Å². The first-order chi connectivity index (χ1) is 7.13. The number of amides is 1. The quantitative estimate of drug-likeness (QED) is 0.876. The molecule has 84 valence electrons. The van der Waals surface area contributed by atoms with Gasteiger partial charge in [0.05, 0.1) is 9.89 Å². The topological polar surface area (TPSA) is 49.3 Å². The zero-order valence-electron chi connectivity index (χ0n) is 8.50. The fourth-order valence-corrected chi connectivity index (χ4v) is 2.65. The molecule has 0 bridgehead atoms. The van der Waals surface area contributed by atoms with Crippen molar-refractivity contribution in [3.63, 3.8) is 0 Å². The van der Waals surface area contributed by atoms with Gasteiger partial charge in [-0.1, -0.05) is 0 Å². The van der Waals surface area contributed by atoms with Crippen molar-refractivity contribution in [1.82, 2.24) is 5.32 Å². The van der Waals surface area contributed by atoms with Crippen LogP contribution in [0.15, 0.2) is 15.9 Å².